The Hall–Kier alpha value is -0.860. The molecule has 8 heteroatoms. The van der Waals surface area contributed by atoms with Crippen molar-refractivity contribution >= 4 is 16.3 Å². The zero-order valence-electron chi connectivity index (χ0n) is 8.98. The van der Waals surface area contributed by atoms with Crippen LogP contribution in [0.2, 0.25) is 0 Å². The number of amides is 1. The van der Waals surface area contributed by atoms with E-state index in [1.807, 2.05) is 13.8 Å². The molecule has 0 aliphatic rings. The predicted octanol–water partition coefficient (Wildman–Crippen LogP) is -0.840. The van der Waals surface area contributed by atoms with E-state index in [0.29, 0.717) is 0 Å². The lowest BCUT2D eigenvalue weighted by Crippen LogP contribution is -2.46. The van der Waals surface area contributed by atoms with Crippen LogP contribution in [0, 0.1) is 5.92 Å². The first kappa shape index (κ1) is 14.1. The van der Waals surface area contributed by atoms with Crippen LogP contribution in [0.1, 0.15) is 13.8 Å². The van der Waals surface area contributed by atoms with Gasteiger partial charge in [0.25, 0.3) is 0 Å². The van der Waals surface area contributed by atoms with Crippen molar-refractivity contribution in [1.82, 2.24) is 9.44 Å². The fourth-order valence-corrected chi connectivity index (χ4v) is 1.42. The summed E-state index contributed by atoms with van der Waals surface area (Å²) >= 11 is 0. The van der Waals surface area contributed by atoms with E-state index in [1.54, 1.807) is 4.72 Å². The maximum Gasteiger partial charge on any atom is 0.421 e. The van der Waals surface area contributed by atoms with E-state index in [9.17, 15) is 13.2 Å². The second-order valence-electron chi connectivity index (χ2n) is 3.35. The standard InChI is InChI=1S/C7H17N3O4S/c1-5(2)6(8)4-9-15(12,13)10-7(11)14-3/h5-6,9H,4,8H2,1-3H3,(H,10,11). The molecule has 1 unspecified atom stereocenters. The van der Waals surface area contributed by atoms with E-state index in [4.69, 9.17) is 5.73 Å². The number of hydrogen-bond donors (Lipinski definition) is 3. The highest BCUT2D eigenvalue weighted by Crippen LogP contribution is 1.96. The Labute approximate surface area is 89.5 Å². The molecule has 0 aromatic rings. The Balaban J connectivity index is 4.11. The number of hydrogen-bond acceptors (Lipinski definition) is 5. The third kappa shape index (κ3) is 6.26. The maximum absolute atomic E-state index is 11.1. The van der Waals surface area contributed by atoms with Gasteiger partial charge in [-0.2, -0.15) is 13.1 Å². The van der Waals surface area contributed by atoms with Crippen molar-refractivity contribution in [3.05, 3.63) is 0 Å². The molecule has 1 amide bonds. The van der Waals surface area contributed by atoms with E-state index in [-0.39, 0.29) is 18.5 Å². The van der Waals surface area contributed by atoms with Gasteiger partial charge in [0.2, 0.25) is 0 Å². The first-order chi connectivity index (χ1) is 6.78. The van der Waals surface area contributed by atoms with Gasteiger partial charge in [0.15, 0.2) is 0 Å². The van der Waals surface area contributed by atoms with Gasteiger partial charge in [-0.1, -0.05) is 13.8 Å². The van der Waals surface area contributed by atoms with Gasteiger partial charge in [0, 0.05) is 12.6 Å². The lowest BCUT2D eigenvalue weighted by Gasteiger charge is -2.16. The van der Waals surface area contributed by atoms with Gasteiger partial charge in [0.05, 0.1) is 7.11 Å². The largest absolute Gasteiger partial charge is 0.452 e. The second kappa shape index (κ2) is 5.89. The molecular weight excluding hydrogens is 222 g/mol. The molecule has 0 bridgehead atoms. The summed E-state index contributed by atoms with van der Waals surface area (Å²) in [6.07, 6.45) is -1.04. The van der Waals surface area contributed by atoms with E-state index in [0.717, 1.165) is 7.11 Å². The van der Waals surface area contributed by atoms with Crippen LogP contribution in [-0.2, 0) is 14.9 Å². The molecule has 0 saturated heterocycles. The smallest absolute Gasteiger partial charge is 0.421 e. The fraction of sp³-hybridized carbons (Fsp3) is 0.857. The van der Waals surface area contributed by atoms with Crippen molar-refractivity contribution in [1.29, 1.82) is 0 Å². The highest BCUT2D eigenvalue weighted by molar-refractivity contribution is 7.88. The summed E-state index contributed by atoms with van der Waals surface area (Å²) in [5.74, 6) is 0.144. The molecule has 1 atom stereocenters. The van der Waals surface area contributed by atoms with Gasteiger partial charge in [-0.25, -0.2) is 9.52 Å². The molecule has 0 saturated carbocycles. The van der Waals surface area contributed by atoms with Crippen molar-refractivity contribution in [3.8, 4) is 0 Å². The normalized spacial score (nSPS) is 13.7. The Kier molecular flexibility index (Phi) is 5.55. The van der Waals surface area contributed by atoms with Crippen LogP contribution in [0.15, 0.2) is 0 Å². The van der Waals surface area contributed by atoms with E-state index in [2.05, 4.69) is 9.46 Å². The van der Waals surface area contributed by atoms with Crippen LogP contribution in [0.3, 0.4) is 0 Å². The topological polar surface area (TPSA) is 111 Å². The SMILES string of the molecule is COC(=O)NS(=O)(=O)NCC(N)C(C)C. The minimum absolute atomic E-state index is 0.0595. The average Bonchev–Trinajstić information content (AvgIpc) is 2.13. The summed E-state index contributed by atoms with van der Waals surface area (Å²) in [6.45, 7) is 3.80. The third-order valence-electron chi connectivity index (χ3n) is 1.77. The summed E-state index contributed by atoms with van der Waals surface area (Å²) in [4.78, 5) is 10.6. The Bertz CT molecular complexity index is 301. The van der Waals surface area contributed by atoms with E-state index < -0.39 is 16.3 Å². The monoisotopic (exact) mass is 239 g/mol. The van der Waals surface area contributed by atoms with Gasteiger partial charge < -0.3 is 10.5 Å². The molecule has 0 fully saturated rings. The number of nitrogens with one attached hydrogen (secondary N) is 2. The summed E-state index contributed by atoms with van der Waals surface area (Å²) in [5.41, 5.74) is 5.62. The molecule has 4 N–H and O–H groups in total. The number of methoxy groups -OCH3 is 1. The minimum Gasteiger partial charge on any atom is -0.452 e. The Morgan fingerprint density at radius 1 is 1.47 bits per heavy atom. The molecule has 0 aliphatic carbocycles. The Morgan fingerprint density at radius 3 is 2.40 bits per heavy atom. The van der Waals surface area contributed by atoms with Crippen LogP contribution in [0.4, 0.5) is 4.79 Å². The molecule has 0 aliphatic heterocycles. The van der Waals surface area contributed by atoms with Gasteiger partial charge >= 0.3 is 16.3 Å². The Morgan fingerprint density at radius 2 is 2.00 bits per heavy atom. The number of ether oxygens (including phenoxy) is 1. The van der Waals surface area contributed by atoms with Crippen LogP contribution in [-0.4, -0.2) is 34.2 Å². The van der Waals surface area contributed by atoms with Crippen LogP contribution in [0.25, 0.3) is 0 Å². The molecular formula is C7H17N3O4S. The first-order valence-electron chi connectivity index (χ1n) is 4.39. The van der Waals surface area contributed by atoms with Crippen molar-refractivity contribution in [2.45, 2.75) is 19.9 Å². The van der Waals surface area contributed by atoms with Gasteiger partial charge in [-0.05, 0) is 5.92 Å². The number of carbonyl (C=O) groups is 1. The van der Waals surface area contributed by atoms with Crippen LogP contribution >= 0.6 is 0 Å². The van der Waals surface area contributed by atoms with Gasteiger partial charge in [-0.15, -0.1) is 0 Å². The van der Waals surface area contributed by atoms with Crippen LogP contribution < -0.4 is 15.2 Å². The molecule has 90 valence electrons. The molecule has 0 heterocycles. The molecule has 0 aromatic carbocycles. The van der Waals surface area contributed by atoms with Gasteiger partial charge in [-0.3, -0.25) is 0 Å². The maximum atomic E-state index is 11.1. The van der Waals surface area contributed by atoms with Crippen LogP contribution in [0.5, 0.6) is 0 Å². The second-order valence-corrected chi connectivity index (χ2v) is 4.85. The summed E-state index contributed by atoms with van der Waals surface area (Å²) in [5, 5.41) is 0. The lowest BCUT2D eigenvalue weighted by molar-refractivity contribution is 0.177. The molecule has 15 heavy (non-hydrogen) atoms. The third-order valence-corrected chi connectivity index (χ3v) is 2.75. The molecule has 0 rings (SSSR count). The first-order valence-corrected chi connectivity index (χ1v) is 5.87. The van der Waals surface area contributed by atoms with Crippen molar-refractivity contribution < 1.29 is 17.9 Å². The zero-order chi connectivity index (χ0) is 12.1. The summed E-state index contributed by atoms with van der Waals surface area (Å²) < 4.78 is 30.2. The van der Waals surface area contributed by atoms with Gasteiger partial charge in [0.1, 0.15) is 0 Å². The van der Waals surface area contributed by atoms with Crippen molar-refractivity contribution in [2.24, 2.45) is 11.7 Å². The summed E-state index contributed by atoms with van der Waals surface area (Å²) in [7, 11) is -2.80. The van der Waals surface area contributed by atoms with E-state index in [1.165, 1.54) is 0 Å². The molecule has 0 radical (unpaired) electrons. The predicted molar refractivity (Wildman–Crippen MR) is 55.3 cm³/mol. The molecule has 0 aromatic heterocycles. The fourth-order valence-electron chi connectivity index (χ4n) is 0.629. The zero-order valence-corrected chi connectivity index (χ0v) is 9.80. The number of rotatable bonds is 5. The number of carbonyl (C=O) groups excluding carboxylic acids is 1. The molecule has 7 nitrogen and oxygen atoms in total. The van der Waals surface area contributed by atoms with Crippen molar-refractivity contribution in [3.63, 3.8) is 0 Å². The summed E-state index contributed by atoms with van der Waals surface area (Å²) in [6, 6.07) is -0.306. The highest BCUT2D eigenvalue weighted by atomic mass is 32.2. The quantitative estimate of drug-likeness (QED) is 0.579. The molecule has 0 spiro atoms. The number of nitrogens with two attached hydrogens (primary N) is 1. The minimum atomic E-state index is -3.88. The van der Waals surface area contributed by atoms with E-state index >= 15 is 0 Å². The highest BCUT2D eigenvalue weighted by Gasteiger charge is 2.16. The average molecular weight is 239 g/mol. The lowest BCUT2D eigenvalue weighted by atomic mass is 10.1. The van der Waals surface area contributed by atoms with Crippen molar-refractivity contribution in [2.75, 3.05) is 13.7 Å².